The molecule has 0 fully saturated rings. The summed E-state index contributed by atoms with van der Waals surface area (Å²) >= 11 is 0. The van der Waals surface area contributed by atoms with Crippen LogP contribution in [0, 0.1) is 0 Å². The van der Waals surface area contributed by atoms with Gasteiger partial charge in [-0.1, -0.05) is 6.07 Å². The predicted molar refractivity (Wildman–Crippen MR) is 101 cm³/mol. The Balaban J connectivity index is 1.82. The Kier molecular flexibility index (Phi) is 3.13. The molecule has 1 unspecified atom stereocenters. The van der Waals surface area contributed by atoms with Crippen molar-refractivity contribution in [3.8, 4) is 0 Å². The van der Waals surface area contributed by atoms with E-state index in [-0.39, 0.29) is 24.3 Å². The lowest BCUT2D eigenvalue weighted by atomic mass is 9.86. The molecule has 2 aliphatic rings. The molecule has 0 bridgehead atoms. The summed E-state index contributed by atoms with van der Waals surface area (Å²) in [6.07, 6.45) is 5.81. The molecule has 27 heavy (non-hydrogen) atoms. The van der Waals surface area contributed by atoms with Crippen LogP contribution in [0.4, 0.5) is 5.69 Å². The van der Waals surface area contributed by atoms with E-state index < -0.39 is 0 Å². The number of hydrogen-bond acceptors (Lipinski definition) is 4. The van der Waals surface area contributed by atoms with Crippen LogP contribution in [0.25, 0.3) is 10.9 Å². The van der Waals surface area contributed by atoms with Gasteiger partial charge in [0.05, 0.1) is 23.8 Å². The van der Waals surface area contributed by atoms with Crippen LogP contribution in [0.2, 0.25) is 0 Å². The summed E-state index contributed by atoms with van der Waals surface area (Å²) in [6, 6.07) is 6.09. The molecule has 0 saturated carbocycles. The summed E-state index contributed by atoms with van der Waals surface area (Å²) < 4.78 is 3.81. The summed E-state index contributed by atoms with van der Waals surface area (Å²) in [7, 11) is 3.87. The van der Waals surface area contributed by atoms with Crippen LogP contribution >= 0.6 is 0 Å². The van der Waals surface area contributed by atoms with Gasteiger partial charge < -0.3 is 9.88 Å². The van der Waals surface area contributed by atoms with Gasteiger partial charge in [0.15, 0.2) is 0 Å². The van der Waals surface area contributed by atoms with Crippen molar-refractivity contribution in [3.63, 3.8) is 0 Å². The van der Waals surface area contributed by atoms with Gasteiger partial charge in [0.2, 0.25) is 5.91 Å². The summed E-state index contributed by atoms with van der Waals surface area (Å²) in [5.74, 6) is -0.750. The smallest absolute Gasteiger partial charge is 0.259 e. The number of amides is 2. The molecule has 0 saturated heterocycles. The second-order valence-corrected chi connectivity index (χ2v) is 7.20. The third-order valence-corrected chi connectivity index (χ3v) is 5.48. The number of imide groups is 1. The fourth-order valence-electron chi connectivity index (χ4n) is 4.31. The molecule has 2 aliphatic heterocycles. The van der Waals surface area contributed by atoms with Gasteiger partial charge >= 0.3 is 0 Å². The van der Waals surface area contributed by atoms with E-state index in [1.165, 1.54) is 11.8 Å². The first kappa shape index (κ1) is 15.9. The average Bonchev–Trinajstić information content (AvgIpc) is 3.26. The van der Waals surface area contributed by atoms with Crippen molar-refractivity contribution in [3.05, 3.63) is 59.2 Å². The Hall–Kier alpha value is -3.35. The van der Waals surface area contributed by atoms with E-state index in [1.807, 2.05) is 32.4 Å². The van der Waals surface area contributed by atoms with E-state index in [1.54, 1.807) is 10.9 Å². The summed E-state index contributed by atoms with van der Waals surface area (Å²) in [4.78, 5) is 26.5. The maximum atomic E-state index is 13.2. The van der Waals surface area contributed by atoms with Gasteiger partial charge in [0.1, 0.15) is 0 Å². The highest BCUT2D eigenvalue weighted by molar-refractivity contribution is 6.11. The van der Waals surface area contributed by atoms with Crippen molar-refractivity contribution in [2.24, 2.45) is 14.1 Å². The molecule has 0 spiro atoms. The second-order valence-electron chi connectivity index (χ2n) is 7.20. The fraction of sp³-hybridized carbons (Fsp3) is 0.250. The van der Waals surface area contributed by atoms with Crippen LogP contribution in [0.1, 0.15) is 24.0 Å². The van der Waals surface area contributed by atoms with Gasteiger partial charge in [0, 0.05) is 61.7 Å². The van der Waals surface area contributed by atoms with E-state index in [4.69, 9.17) is 0 Å². The first-order valence-electron chi connectivity index (χ1n) is 8.84. The van der Waals surface area contributed by atoms with Crippen LogP contribution in [0.15, 0.2) is 48.1 Å². The largest absolute Gasteiger partial charge is 0.356 e. The minimum atomic E-state index is -0.273. The van der Waals surface area contributed by atoms with Crippen molar-refractivity contribution in [1.29, 1.82) is 0 Å². The van der Waals surface area contributed by atoms with Crippen molar-refractivity contribution >= 4 is 28.4 Å². The van der Waals surface area contributed by atoms with E-state index in [9.17, 15) is 9.59 Å². The van der Waals surface area contributed by atoms with Gasteiger partial charge in [-0.2, -0.15) is 5.10 Å². The third kappa shape index (κ3) is 2.11. The lowest BCUT2D eigenvalue weighted by Gasteiger charge is -2.17. The van der Waals surface area contributed by atoms with Gasteiger partial charge in [-0.3, -0.25) is 19.2 Å². The SMILES string of the molecule is CC(=O)N1CC2=C(C1=O)C(c1cnn(C)c1)c1cn(C)c3cccc(c13)N2. The number of carbonyl (C=O) groups is 2. The van der Waals surface area contributed by atoms with Gasteiger partial charge in [0.25, 0.3) is 5.91 Å². The number of nitrogens with one attached hydrogen (secondary N) is 1. The number of aryl methyl sites for hydroxylation is 2. The highest BCUT2D eigenvalue weighted by atomic mass is 16.2. The summed E-state index contributed by atoms with van der Waals surface area (Å²) in [6.45, 7) is 1.70. The van der Waals surface area contributed by atoms with E-state index in [0.717, 1.165) is 33.4 Å². The van der Waals surface area contributed by atoms with E-state index in [2.05, 4.69) is 27.2 Å². The molecule has 0 radical (unpaired) electrons. The molecular formula is C20H19N5O2. The van der Waals surface area contributed by atoms with E-state index >= 15 is 0 Å². The lowest BCUT2D eigenvalue weighted by molar-refractivity contribution is -0.139. The van der Waals surface area contributed by atoms with Crippen LogP contribution < -0.4 is 5.32 Å². The zero-order valence-corrected chi connectivity index (χ0v) is 15.4. The average molecular weight is 361 g/mol. The highest BCUT2D eigenvalue weighted by Gasteiger charge is 2.41. The number of nitrogens with zero attached hydrogens (tertiary/aromatic N) is 4. The molecule has 1 N–H and O–H groups in total. The topological polar surface area (TPSA) is 72.2 Å². The van der Waals surface area contributed by atoms with Crippen LogP contribution in [-0.4, -0.2) is 37.6 Å². The molecule has 2 amide bonds. The number of aromatic nitrogens is 3. The van der Waals surface area contributed by atoms with Gasteiger partial charge in [-0.05, 0) is 17.7 Å². The summed E-state index contributed by atoms with van der Waals surface area (Å²) in [5.41, 5.74) is 5.46. The molecule has 2 aromatic heterocycles. The zero-order chi connectivity index (χ0) is 18.9. The molecular weight excluding hydrogens is 342 g/mol. The van der Waals surface area contributed by atoms with Crippen LogP contribution in [0.3, 0.4) is 0 Å². The predicted octanol–water partition coefficient (Wildman–Crippen LogP) is 2.11. The Morgan fingerprint density at radius 3 is 2.78 bits per heavy atom. The van der Waals surface area contributed by atoms with Crippen LogP contribution in [-0.2, 0) is 23.7 Å². The Morgan fingerprint density at radius 1 is 1.26 bits per heavy atom. The molecule has 136 valence electrons. The zero-order valence-electron chi connectivity index (χ0n) is 15.4. The minimum absolute atomic E-state index is 0.233. The molecule has 3 aromatic rings. The molecule has 1 atom stereocenters. The Bertz CT molecular complexity index is 1170. The highest BCUT2D eigenvalue weighted by Crippen LogP contribution is 2.46. The molecule has 0 aliphatic carbocycles. The first-order chi connectivity index (χ1) is 13.0. The second kappa shape index (κ2) is 5.33. The van der Waals surface area contributed by atoms with Crippen molar-refractivity contribution in [1.82, 2.24) is 19.2 Å². The van der Waals surface area contributed by atoms with Crippen molar-refractivity contribution < 1.29 is 9.59 Å². The number of rotatable bonds is 1. The van der Waals surface area contributed by atoms with Crippen molar-refractivity contribution in [2.45, 2.75) is 12.8 Å². The number of carbonyl (C=O) groups excluding carboxylic acids is 2. The Labute approximate surface area is 155 Å². The Morgan fingerprint density at radius 2 is 2.07 bits per heavy atom. The standard InChI is InChI=1S/C20H19N5O2/c1-11(26)25-10-15-19(20(25)27)17(12-7-21-24(3)8-12)13-9-23(2)16-6-4-5-14(22-15)18(13)16/h4-9,17,22H,10H2,1-3H3. The number of anilines is 1. The number of benzene rings is 1. The molecule has 7 heteroatoms. The normalized spacial score (nSPS) is 18.7. The molecule has 4 heterocycles. The van der Waals surface area contributed by atoms with Gasteiger partial charge in [-0.25, -0.2) is 0 Å². The molecule has 5 rings (SSSR count). The first-order valence-corrected chi connectivity index (χ1v) is 8.84. The van der Waals surface area contributed by atoms with Crippen LogP contribution in [0.5, 0.6) is 0 Å². The maximum absolute atomic E-state index is 13.2. The fourth-order valence-corrected chi connectivity index (χ4v) is 4.31. The minimum Gasteiger partial charge on any atom is -0.356 e. The molecule has 1 aromatic carbocycles. The lowest BCUT2D eigenvalue weighted by Crippen LogP contribution is -2.33. The summed E-state index contributed by atoms with van der Waals surface area (Å²) in [5, 5.41) is 8.86. The third-order valence-electron chi connectivity index (χ3n) is 5.48. The quantitative estimate of drug-likeness (QED) is 0.721. The van der Waals surface area contributed by atoms with E-state index in [0.29, 0.717) is 5.57 Å². The van der Waals surface area contributed by atoms with Gasteiger partial charge in [-0.15, -0.1) is 0 Å². The molecule has 7 nitrogen and oxygen atoms in total. The van der Waals surface area contributed by atoms with Crippen molar-refractivity contribution in [2.75, 3.05) is 11.9 Å². The number of hydrogen-bond donors (Lipinski definition) is 1. The monoisotopic (exact) mass is 361 g/mol. The maximum Gasteiger partial charge on any atom is 0.259 e.